The second-order valence-electron chi connectivity index (χ2n) is 6.03. The average molecular weight is 379 g/mol. The van der Waals surface area contributed by atoms with Gasteiger partial charge < -0.3 is 8.83 Å². The molecule has 0 bridgehead atoms. The molecule has 0 radical (unpaired) electrons. The quantitative estimate of drug-likeness (QED) is 0.704. The van der Waals surface area contributed by atoms with Gasteiger partial charge in [-0.15, -0.1) is 21.5 Å². The maximum absolute atomic E-state index is 12.4. The van der Waals surface area contributed by atoms with E-state index in [1.807, 2.05) is 6.92 Å². The molecule has 0 aliphatic heterocycles. The van der Waals surface area contributed by atoms with Crippen LogP contribution in [0.2, 0.25) is 0 Å². The zero-order chi connectivity index (χ0) is 17.4. The van der Waals surface area contributed by atoms with Crippen LogP contribution in [0.25, 0.3) is 10.8 Å². The van der Waals surface area contributed by atoms with Gasteiger partial charge in [0.15, 0.2) is 0 Å². The minimum absolute atomic E-state index is 0.107. The summed E-state index contributed by atoms with van der Waals surface area (Å²) in [5.41, 5.74) is 0. The van der Waals surface area contributed by atoms with Crippen LogP contribution in [0, 0.1) is 6.92 Å². The van der Waals surface area contributed by atoms with Crippen molar-refractivity contribution >= 4 is 21.4 Å². The van der Waals surface area contributed by atoms with Gasteiger partial charge in [0.25, 0.3) is 5.89 Å². The van der Waals surface area contributed by atoms with Crippen LogP contribution in [0.15, 0.2) is 37.3 Å². The predicted molar refractivity (Wildman–Crippen MR) is 91.7 cm³/mol. The van der Waals surface area contributed by atoms with Crippen molar-refractivity contribution in [2.24, 2.45) is 0 Å². The summed E-state index contributed by atoms with van der Waals surface area (Å²) in [4.78, 5) is 0.646. The number of thiophene rings is 1. The number of aryl methyl sites for hydroxylation is 1. The molecule has 3 heterocycles. The van der Waals surface area contributed by atoms with Gasteiger partial charge in [-0.25, -0.2) is 13.1 Å². The number of hydrogen-bond acceptors (Lipinski definition) is 7. The molecule has 0 saturated heterocycles. The van der Waals surface area contributed by atoms with Crippen molar-refractivity contribution < 1.29 is 17.3 Å². The van der Waals surface area contributed by atoms with E-state index in [0.717, 1.165) is 29.9 Å². The van der Waals surface area contributed by atoms with E-state index in [1.54, 1.807) is 24.3 Å². The van der Waals surface area contributed by atoms with E-state index < -0.39 is 10.0 Å². The zero-order valence-electron chi connectivity index (χ0n) is 13.6. The summed E-state index contributed by atoms with van der Waals surface area (Å²) in [6.07, 6.45) is 3.33. The summed E-state index contributed by atoms with van der Waals surface area (Å²) in [6, 6.07) is 6.78. The Morgan fingerprint density at radius 2 is 2.04 bits per heavy atom. The lowest BCUT2D eigenvalue weighted by molar-refractivity contribution is 0.338. The summed E-state index contributed by atoms with van der Waals surface area (Å²) < 4.78 is 38.6. The summed E-state index contributed by atoms with van der Waals surface area (Å²) >= 11 is 1.11. The van der Waals surface area contributed by atoms with Crippen LogP contribution in [-0.2, 0) is 16.6 Å². The van der Waals surface area contributed by atoms with Crippen LogP contribution in [0.4, 0.5) is 0 Å². The molecule has 3 aromatic heterocycles. The molecule has 0 spiro atoms. The Morgan fingerprint density at radius 3 is 2.72 bits per heavy atom. The normalized spacial score (nSPS) is 15.4. The third-order valence-electron chi connectivity index (χ3n) is 4.18. The zero-order valence-corrected chi connectivity index (χ0v) is 15.2. The van der Waals surface area contributed by atoms with Crippen LogP contribution >= 0.6 is 11.3 Å². The van der Waals surface area contributed by atoms with Gasteiger partial charge in [0.1, 0.15) is 15.7 Å². The van der Waals surface area contributed by atoms with Gasteiger partial charge >= 0.3 is 0 Å². The van der Waals surface area contributed by atoms with E-state index in [1.165, 1.54) is 6.42 Å². The standard InChI is InChI=1S/C16H17N3O4S2/c1-10-5-6-12(22-10)9-17-25(20,21)14-8-7-13(24-14)16-19-18-15(23-16)11-3-2-4-11/h5-8,11,17H,2-4,9H2,1H3. The molecular formula is C16H17N3O4S2. The summed E-state index contributed by atoms with van der Waals surface area (Å²) in [6.45, 7) is 1.92. The van der Waals surface area contributed by atoms with Crippen molar-refractivity contribution in [2.45, 2.75) is 42.9 Å². The molecule has 1 aliphatic rings. The minimum Gasteiger partial charge on any atom is -0.465 e. The van der Waals surface area contributed by atoms with Crippen LogP contribution < -0.4 is 4.72 Å². The highest BCUT2D eigenvalue weighted by molar-refractivity contribution is 7.91. The fourth-order valence-electron chi connectivity index (χ4n) is 2.55. The number of sulfonamides is 1. The van der Waals surface area contributed by atoms with Crippen molar-refractivity contribution in [3.8, 4) is 10.8 Å². The van der Waals surface area contributed by atoms with Crippen molar-refractivity contribution in [1.82, 2.24) is 14.9 Å². The van der Waals surface area contributed by atoms with E-state index in [9.17, 15) is 8.42 Å². The monoisotopic (exact) mass is 379 g/mol. The van der Waals surface area contributed by atoms with Gasteiger partial charge in [-0.1, -0.05) is 6.42 Å². The second kappa shape index (κ2) is 6.40. The summed E-state index contributed by atoms with van der Waals surface area (Å²) in [7, 11) is -3.62. The first-order valence-electron chi connectivity index (χ1n) is 8.00. The van der Waals surface area contributed by atoms with Crippen molar-refractivity contribution in [2.75, 3.05) is 0 Å². The molecule has 0 amide bonds. The highest BCUT2D eigenvalue weighted by Crippen LogP contribution is 2.37. The first-order valence-corrected chi connectivity index (χ1v) is 10.3. The lowest BCUT2D eigenvalue weighted by Gasteiger charge is -2.20. The number of aromatic nitrogens is 2. The van der Waals surface area contributed by atoms with Gasteiger partial charge in [0.05, 0.1) is 11.4 Å². The van der Waals surface area contributed by atoms with E-state index in [0.29, 0.717) is 28.3 Å². The lowest BCUT2D eigenvalue weighted by Crippen LogP contribution is -2.22. The number of nitrogens with zero attached hydrogens (tertiary/aromatic N) is 2. The Kier molecular flexibility index (Phi) is 4.22. The molecule has 4 rings (SSSR count). The third kappa shape index (κ3) is 3.39. The first-order chi connectivity index (χ1) is 12.0. The van der Waals surface area contributed by atoms with Crippen LogP contribution in [0.5, 0.6) is 0 Å². The van der Waals surface area contributed by atoms with Gasteiger partial charge in [0, 0.05) is 5.92 Å². The largest absolute Gasteiger partial charge is 0.465 e. The van der Waals surface area contributed by atoms with Gasteiger partial charge in [-0.2, -0.15) is 0 Å². The molecule has 0 aromatic carbocycles. The molecule has 0 unspecified atom stereocenters. The van der Waals surface area contributed by atoms with E-state index in [2.05, 4.69) is 14.9 Å². The lowest BCUT2D eigenvalue weighted by atomic mass is 9.85. The molecule has 9 heteroatoms. The van der Waals surface area contributed by atoms with E-state index >= 15 is 0 Å². The molecule has 132 valence electrons. The van der Waals surface area contributed by atoms with Gasteiger partial charge in [-0.3, -0.25) is 0 Å². The first kappa shape index (κ1) is 16.5. The fourth-order valence-corrected chi connectivity index (χ4v) is 4.82. The van der Waals surface area contributed by atoms with E-state index in [-0.39, 0.29) is 10.8 Å². The number of rotatable bonds is 6. The highest BCUT2D eigenvalue weighted by atomic mass is 32.2. The molecule has 1 N–H and O–H groups in total. The number of hydrogen-bond donors (Lipinski definition) is 1. The summed E-state index contributed by atoms with van der Waals surface area (Å²) in [5.74, 6) is 2.68. The topological polar surface area (TPSA) is 98.2 Å². The number of nitrogens with one attached hydrogen (secondary N) is 1. The molecule has 1 saturated carbocycles. The minimum atomic E-state index is -3.62. The molecule has 1 fully saturated rings. The summed E-state index contributed by atoms with van der Waals surface area (Å²) in [5, 5.41) is 8.12. The number of furan rings is 1. The molecule has 25 heavy (non-hydrogen) atoms. The maximum atomic E-state index is 12.4. The molecular weight excluding hydrogens is 362 g/mol. The van der Waals surface area contributed by atoms with Gasteiger partial charge in [-0.05, 0) is 44.0 Å². The van der Waals surface area contributed by atoms with Crippen molar-refractivity contribution in [3.05, 3.63) is 41.7 Å². The van der Waals surface area contributed by atoms with E-state index in [4.69, 9.17) is 8.83 Å². The SMILES string of the molecule is Cc1ccc(CNS(=O)(=O)c2ccc(-c3nnc(C4CCC4)o3)s2)o1. The molecule has 1 aliphatic carbocycles. The maximum Gasteiger partial charge on any atom is 0.257 e. The Labute approximate surface area is 149 Å². The van der Waals surface area contributed by atoms with Crippen molar-refractivity contribution in [1.29, 1.82) is 0 Å². The Balaban J connectivity index is 1.48. The second-order valence-corrected chi connectivity index (χ2v) is 9.11. The van der Waals surface area contributed by atoms with Gasteiger partial charge in [0.2, 0.25) is 15.9 Å². The van der Waals surface area contributed by atoms with Crippen LogP contribution in [-0.4, -0.2) is 18.6 Å². The average Bonchev–Trinajstić information content (AvgIpc) is 3.23. The Hall–Kier alpha value is -1.97. The Morgan fingerprint density at radius 1 is 1.20 bits per heavy atom. The van der Waals surface area contributed by atoms with Crippen LogP contribution in [0.1, 0.15) is 42.6 Å². The third-order valence-corrected chi connectivity index (χ3v) is 7.15. The predicted octanol–water partition coefficient (Wildman–Crippen LogP) is 3.45. The fraction of sp³-hybridized carbons (Fsp3) is 0.375. The highest BCUT2D eigenvalue weighted by Gasteiger charge is 2.26. The van der Waals surface area contributed by atoms with Crippen molar-refractivity contribution in [3.63, 3.8) is 0 Å². The molecule has 7 nitrogen and oxygen atoms in total. The molecule has 0 atom stereocenters. The van der Waals surface area contributed by atoms with Crippen LogP contribution in [0.3, 0.4) is 0 Å². The smallest absolute Gasteiger partial charge is 0.257 e. The molecule has 3 aromatic rings. The Bertz CT molecular complexity index is 983.